The zero-order valence-corrected chi connectivity index (χ0v) is 11.4. The van der Waals surface area contributed by atoms with Crippen LogP contribution in [0, 0.1) is 20.8 Å². The number of hydrogen-bond donors (Lipinski definition) is 2. The van der Waals surface area contributed by atoms with E-state index in [1.54, 1.807) is 0 Å². The molecule has 2 nitrogen and oxygen atoms in total. The van der Waals surface area contributed by atoms with Crippen LogP contribution in [0.2, 0.25) is 0 Å². The topological polar surface area (TPSA) is 27.8 Å². The van der Waals surface area contributed by atoms with Gasteiger partial charge in [0.15, 0.2) is 0 Å². The molecule has 0 saturated heterocycles. The van der Waals surface area contributed by atoms with Crippen LogP contribution in [0.4, 0.5) is 0 Å². The minimum atomic E-state index is 0.517. The lowest BCUT2D eigenvalue weighted by Gasteiger charge is -2.07. The third kappa shape index (κ3) is 2.37. The molecule has 0 spiro atoms. The highest BCUT2D eigenvalue weighted by Gasteiger charge is 2.09. The van der Waals surface area contributed by atoms with Crippen molar-refractivity contribution in [2.24, 2.45) is 0 Å². The van der Waals surface area contributed by atoms with Crippen LogP contribution in [-0.4, -0.2) is 11.0 Å². The second-order valence-corrected chi connectivity index (χ2v) is 5.27. The molecule has 2 rings (SSSR count). The van der Waals surface area contributed by atoms with Crippen LogP contribution in [0.5, 0.6) is 0 Å². The lowest BCUT2D eigenvalue weighted by Crippen LogP contribution is -2.22. The molecular weight excluding hydrogens is 208 g/mol. The lowest BCUT2D eigenvalue weighted by molar-refractivity contribution is 0.582. The van der Waals surface area contributed by atoms with Gasteiger partial charge in [0.1, 0.15) is 0 Å². The lowest BCUT2D eigenvalue weighted by atomic mass is 10.1. The van der Waals surface area contributed by atoms with Gasteiger partial charge in [-0.25, -0.2) is 0 Å². The van der Waals surface area contributed by atoms with E-state index < -0.39 is 0 Å². The summed E-state index contributed by atoms with van der Waals surface area (Å²) < 4.78 is 0. The minimum Gasteiger partial charge on any atom is -0.357 e. The summed E-state index contributed by atoms with van der Waals surface area (Å²) in [4.78, 5) is 3.55. The third-order valence-electron chi connectivity index (χ3n) is 3.30. The van der Waals surface area contributed by atoms with E-state index in [-0.39, 0.29) is 0 Å². The molecule has 0 amide bonds. The summed E-state index contributed by atoms with van der Waals surface area (Å²) in [7, 11) is 0. The Morgan fingerprint density at radius 2 is 1.88 bits per heavy atom. The van der Waals surface area contributed by atoms with E-state index in [9.17, 15) is 0 Å². The summed E-state index contributed by atoms with van der Waals surface area (Å²) in [5.74, 6) is 0. The number of aromatic nitrogens is 1. The van der Waals surface area contributed by atoms with Crippen molar-refractivity contribution in [2.45, 2.75) is 47.2 Å². The van der Waals surface area contributed by atoms with Crippen molar-refractivity contribution in [1.29, 1.82) is 0 Å². The Morgan fingerprint density at radius 1 is 1.18 bits per heavy atom. The van der Waals surface area contributed by atoms with Crippen LogP contribution in [0.25, 0.3) is 10.9 Å². The minimum absolute atomic E-state index is 0.517. The number of H-pyrrole nitrogens is 1. The van der Waals surface area contributed by atoms with Gasteiger partial charge in [0.05, 0.1) is 0 Å². The molecule has 2 heteroatoms. The average molecular weight is 230 g/mol. The van der Waals surface area contributed by atoms with Crippen molar-refractivity contribution >= 4 is 10.9 Å². The molecule has 92 valence electrons. The summed E-state index contributed by atoms with van der Waals surface area (Å²) in [6, 6.07) is 5.02. The number of aromatic amines is 1. The molecule has 0 aliphatic carbocycles. The fourth-order valence-electron chi connectivity index (χ4n) is 2.32. The quantitative estimate of drug-likeness (QED) is 0.828. The Labute approximate surface area is 103 Å². The SMILES string of the molecule is Cc1cc(C)c2[nH]c(CNC(C)C)c(C)c2c1. The summed E-state index contributed by atoms with van der Waals surface area (Å²) in [5, 5.41) is 4.83. The van der Waals surface area contributed by atoms with Gasteiger partial charge in [-0.15, -0.1) is 0 Å². The van der Waals surface area contributed by atoms with E-state index in [0.717, 1.165) is 6.54 Å². The number of rotatable bonds is 3. The maximum atomic E-state index is 3.55. The Bertz CT molecular complexity index is 535. The van der Waals surface area contributed by atoms with Crippen molar-refractivity contribution in [3.05, 3.63) is 34.5 Å². The summed E-state index contributed by atoms with van der Waals surface area (Å²) >= 11 is 0. The highest BCUT2D eigenvalue weighted by Crippen LogP contribution is 2.25. The van der Waals surface area contributed by atoms with Gasteiger partial charge in [0, 0.05) is 29.2 Å². The van der Waals surface area contributed by atoms with E-state index in [2.05, 4.69) is 57.1 Å². The van der Waals surface area contributed by atoms with E-state index in [0.29, 0.717) is 6.04 Å². The van der Waals surface area contributed by atoms with Crippen molar-refractivity contribution in [2.75, 3.05) is 0 Å². The van der Waals surface area contributed by atoms with Crippen molar-refractivity contribution in [3.8, 4) is 0 Å². The van der Waals surface area contributed by atoms with E-state index in [1.165, 1.54) is 33.3 Å². The zero-order valence-electron chi connectivity index (χ0n) is 11.4. The smallest absolute Gasteiger partial charge is 0.0489 e. The molecule has 1 heterocycles. The van der Waals surface area contributed by atoms with Gasteiger partial charge in [-0.3, -0.25) is 0 Å². The van der Waals surface area contributed by atoms with Crippen LogP contribution in [0.1, 0.15) is 36.2 Å². The van der Waals surface area contributed by atoms with Gasteiger partial charge >= 0.3 is 0 Å². The first-order valence-electron chi connectivity index (χ1n) is 6.31. The van der Waals surface area contributed by atoms with Gasteiger partial charge in [0.2, 0.25) is 0 Å². The number of nitrogens with one attached hydrogen (secondary N) is 2. The average Bonchev–Trinajstić information content (AvgIpc) is 2.54. The Balaban J connectivity index is 2.45. The highest BCUT2D eigenvalue weighted by atomic mass is 14.9. The number of aryl methyl sites for hydroxylation is 3. The first-order valence-corrected chi connectivity index (χ1v) is 6.31. The van der Waals surface area contributed by atoms with Gasteiger partial charge in [-0.05, 0) is 38.0 Å². The molecule has 2 N–H and O–H groups in total. The standard InChI is InChI=1S/C15H22N2/c1-9(2)16-8-14-12(5)13-7-10(3)6-11(4)15(13)17-14/h6-7,9,16-17H,8H2,1-5H3. The molecule has 0 saturated carbocycles. The molecule has 0 bridgehead atoms. The van der Waals surface area contributed by atoms with Gasteiger partial charge in [-0.2, -0.15) is 0 Å². The monoisotopic (exact) mass is 230 g/mol. The van der Waals surface area contributed by atoms with Crippen LogP contribution in [0.3, 0.4) is 0 Å². The summed E-state index contributed by atoms with van der Waals surface area (Å²) in [6.07, 6.45) is 0. The summed E-state index contributed by atoms with van der Waals surface area (Å²) in [5.41, 5.74) is 6.63. The van der Waals surface area contributed by atoms with Crippen molar-refractivity contribution in [1.82, 2.24) is 10.3 Å². The molecule has 2 aromatic rings. The zero-order chi connectivity index (χ0) is 12.6. The second-order valence-electron chi connectivity index (χ2n) is 5.27. The number of benzene rings is 1. The largest absolute Gasteiger partial charge is 0.357 e. The molecule has 1 aromatic carbocycles. The Hall–Kier alpha value is -1.28. The fraction of sp³-hybridized carbons (Fsp3) is 0.467. The molecular formula is C15H22N2. The molecule has 0 unspecified atom stereocenters. The van der Waals surface area contributed by atoms with Crippen molar-refractivity contribution in [3.63, 3.8) is 0 Å². The van der Waals surface area contributed by atoms with Gasteiger partial charge in [-0.1, -0.05) is 25.5 Å². The maximum absolute atomic E-state index is 3.55. The van der Waals surface area contributed by atoms with Crippen LogP contribution in [-0.2, 0) is 6.54 Å². The molecule has 1 aromatic heterocycles. The number of hydrogen-bond acceptors (Lipinski definition) is 1. The molecule has 0 aliphatic rings. The Morgan fingerprint density at radius 3 is 2.53 bits per heavy atom. The van der Waals surface area contributed by atoms with Crippen LogP contribution < -0.4 is 5.32 Å². The van der Waals surface area contributed by atoms with E-state index in [1.807, 2.05) is 0 Å². The molecule has 0 fully saturated rings. The van der Waals surface area contributed by atoms with E-state index >= 15 is 0 Å². The maximum Gasteiger partial charge on any atom is 0.0489 e. The predicted octanol–water partition coefficient (Wildman–Crippen LogP) is 3.59. The normalized spacial score (nSPS) is 11.6. The third-order valence-corrected chi connectivity index (χ3v) is 3.30. The van der Waals surface area contributed by atoms with Crippen LogP contribution >= 0.6 is 0 Å². The van der Waals surface area contributed by atoms with Crippen LogP contribution in [0.15, 0.2) is 12.1 Å². The molecule has 0 aliphatic heterocycles. The Kier molecular flexibility index (Phi) is 3.25. The number of fused-ring (bicyclic) bond motifs is 1. The summed E-state index contributed by atoms with van der Waals surface area (Å²) in [6.45, 7) is 11.8. The molecule has 0 radical (unpaired) electrons. The predicted molar refractivity (Wildman–Crippen MR) is 74.5 cm³/mol. The first-order chi connectivity index (χ1) is 7.99. The van der Waals surface area contributed by atoms with Crippen molar-refractivity contribution < 1.29 is 0 Å². The highest BCUT2D eigenvalue weighted by molar-refractivity contribution is 5.87. The van der Waals surface area contributed by atoms with E-state index in [4.69, 9.17) is 0 Å². The fourth-order valence-corrected chi connectivity index (χ4v) is 2.32. The first kappa shape index (κ1) is 12.2. The molecule has 17 heavy (non-hydrogen) atoms. The van der Waals surface area contributed by atoms with Gasteiger partial charge in [0.25, 0.3) is 0 Å². The second kappa shape index (κ2) is 4.53. The molecule has 0 atom stereocenters. The van der Waals surface area contributed by atoms with Gasteiger partial charge < -0.3 is 10.3 Å².